The summed E-state index contributed by atoms with van der Waals surface area (Å²) >= 11 is 0. The third-order valence-corrected chi connectivity index (χ3v) is 7.74. The summed E-state index contributed by atoms with van der Waals surface area (Å²) in [4.78, 5) is 29.7. The number of rotatable bonds is 10. The van der Waals surface area contributed by atoms with Gasteiger partial charge < -0.3 is 9.47 Å². The van der Waals surface area contributed by atoms with E-state index >= 15 is 0 Å². The minimum atomic E-state index is -0.758. The summed E-state index contributed by atoms with van der Waals surface area (Å²) in [5, 5.41) is 11.5. The largest absolute Gasteiger partial charge is 0.494 e. The summed E-state index contributed by atoms with van der Waals surface area (Å²) < 4.78 is 11.5. The Kier molecular flexibility index (Phi) is 8.06. The normalized spacial score (nSPS) is 18.3. The number of unbranched alkanes of at least 4 members (excludes halogenated alkanes) is 1. The van der Waals surface area contributed by atoms with Gasteiger partial charge in [-0.1, -0.05) is 19.9 Å². The number of hydrogen-bond donors (Lipinski definition) is 1. The summed E-state index contributed by atoms with van der Waals surface area (Å²) in [5.41, 5.74) is 7.06. The molecule has 3 heterocycles. The summed E-state index contributed by atoms with van der Waals surface area (Å²) in [6.45, 7) is 8.98. The van der Waals surface area contributed by atoms with Crippen LogP contribution in [0.3, 0.4) is 0 Å². The summed E-state index contributed by atoms with van der Waals surface area (Å²) in [6.07, 6.45) is 2.80. The number of benzene rings is 2. The molecular weight excluding hydrogens is 518 g/mol. The number of carbonyl (C=O) groups excluding carboxylic acids is 2. The molecular formula is C32H37N5O4. The van der Waals surface area contributed by atoms with Crippen molar-refractivity contribution >= 4 is 34.1 Å². The molecule has 0 saturated carbocycles. The first-order chi connectivity index (χ1) is 19.7. The molecule has 2 aromatic carbocycles. The van der Waals surface area contributed by atoms with Crippen molar-refractivity contribution in [2.75, 3.05) is 20.3 Å². The van der Waals surface area contributed by atoms with Crippen molar-refractivity contribution in [1.82, 2.24) is 15.4 Å². The summed E-state index contributed by atoms with van der Waals surface area (Å²) in [7, 11) is 1.64. The number of carbonyl (C=O) groups is 2. The van der Waals surface area contributed by atoms with Gasteiger partial charge in [0.25, 0.3) is 5.91 Å². The van der Waals surface area contributed by atoms with Crippen molar-refractivity contribution in [1.29, 1.82) is 0 Å². The van der Waals surface area contributed by atoms with Gasteiger partial charge in [-0.05, 0) is 81.1 Å². The van der Waals surface area contributed by atoms with Gasteiger partial charge in [0.15, 0.2) is 0 Å². The fourth-order valence-electron chi connectivity index (χ4n) is 5.34. The molecule has 214 valence electrons. The highest BCUT2D eigenvalue weighted by Gasteiger charge is 2.44. The Morgan fingerprint density at radius 1 is 1.05 bits per heavy atom. The third-order valence-electron chi connectivity index (χ3n) is 7.74. The maximum Gasteiger partial charge on any atom is 0.254 e. The average molecular weight is 556 g/mol. The van der Waals surface area contributed by atoms with Crippen LogP contribution >= 0.6 is 0 Å². The lowest BCUT2D eigenvalue weighted by molar-refractivity contribution is -0.135. The van der Waals surface area contributed by atoms with Gasteiger partial charge in [-0.25, -0.2) is 15.4 Å². The zero-order valence-corrected chi connectivity index (χ0v) is 24.4. The molecule has 1 unspecified atom stereocenters. The number of methoxy groups -OCH3 is 1. The predicted molar refractivity (Wildman–Crippen MR) is 159 cm³/mol. The molecule has 0 radical (unpaired) electrons. The Labute approximate surface area is 240 Å². The van der Waals surface area contributed by atoms with Gasteiger partial charge in [-0.2, -0.15) is 10.2 Å². The first kappa shape index (κ1) is 28.3. The first-order valence-corrected chi connectivity index (χ1v) is 14.2. The molecule has 41 heavy (non-hydrogen) atoms. The van der Waals surface area contributed by atoms with E-state index < -0.39 is 5.41 Å². The number of pyridine rings is 1. The SMILES string of the molecule is CCc1ccc2c(C3=NN(CCCCOc4ccc(C5=NNC(=O)CC5C)cc4)C(=O)C3(C)C)ccc(OC)c2n1. The Morgan fingerprint density at radius 3 is 2.54 bits per heavy atom. The molecule has 2 aliphatic heterocycles. The van der Waals surface area contributed by atoms with E-state index in [2.05, 4.69) is 23.5 Å². The van der Waals surface area contributed by atoms with Crippen molar-refractivity contribution in [3.63, 3.8) is 0 Å². The van der Waals surface area contributed by atoms with Crippen LogP contribution < -0.4 is 14.9 Å². The summed E-state index contributed by atoms with van der Waals surface area (Å²) in [5.74, 6) is 1.48. The minimum Gasteiger partial charge on any atom is -0.494 e. The zero-order chi connectivity index (χ0) is 29.1. The van der Waals surface area contributed by atoms with Gasteiger partial charge in [0.05, 0.1) is 30.6 Å². The maximum atomic E-state index is 13.4. The number of aromatic nitrogens is 1. The van der Waals surface area contributed by atoms with E-state index in [9.17, 15) is 9.59 Å². The van der Waals surface area contributed by atoms with E-state index in [-0.39, 0.29) is 17.7 Å². The molecule has 2 amide bonds. The second-order valence-corrected chi connectivity index (χ2v) is 11.1. The van der Waals surface area contributed by atoms with Crippen LogP contribution in [0.5, 0.6) is 11.5 Å². The Hall–Kier alpha value is -4.27. The lowest BCUT2D eigenvalue weighted by Gasteiger charge is -2.20. The fourth-order valence-corrected chi connectivity index (χ4v) is 5.34. The second kappa shape index (κ2) is 11.7. The van der Waals surface area contributed by atoms with E-state index in [0.717, 1.165) is 64.2 Å². The van der Waals surface area contributed by atoms with E-state index in [1.54, 1.807) is 12.1 Å². The molecule has 0 bridgehead atoms. The molecule has 1 N–H and O–H groups in total. The number of nitrogens with zero attached hydrogens (tertiary/aromatic N) is 4. The lowest BCUT2D eigenvalue weighted by atomic mass is 9.82. The Bertz CT molecular complexity index is 1530. The van der Waals surface area contributed by atoms with Crippen molar-refractivity contribution in [2.45, 2.75) is 53.4 Å². The van der Waals surface area contributed by atoms with Crippen LogP contribution in [0.4, 0.5) is 0 Å². The molecule has 9 heteroatoms. The number of amides is 2. The van der Waals surface area contributed by atoms with Gasteiger partial charge in [0, 0.05) is 35.5 Å². The predicted octanol–water partition coefficient (Wildman–Crippen LogP) is 5.10. The highest BCUT2D eigenvalue weighted by molar-refractivity contribution is 6.23. The number of hydrogen-bond acceptors (Lipinski definition) is 7. The van der Waals surface area contributed by atoms with Crippen LogP contribution in [0.15, 0.2) is 58.7 Å². The molecule has 0 aliphatic carbocycles. The van der Waals surface area contributed by atoms with Crippen LogP contribution in [0, 0.1) is 11.3 Å². The van der Waals surface area contributed by atoms with Gasteiger partial charge >= 0.3 is 0 Å². The topological polar surface area (TPSA) is 105 Å². The maximum absolute atomic E-state index is 13.4. The minimum absolute atomic E-state index is 0.0119. The fraction of sp³-hybridized carbons (Fsp3) is 0.406. The quantitative estimate of drug-likeness (QED) is 0.351. The Balaban J connectivity index is 1.21. The third kappa shape index (κ3) is 5.66. The van der Waals surface area contributed by atoms with E-state index in [1.807, 2.05) is 63.2 Å². The highest BCUT2D eigenvalue weighted by atomic mass is 16.5. The van der Waals surface area contributed by atoms with Gasteiger partial charge in [-0.3, -0.25) is 9.59 Å². The number of nitrogens with one attached hydrogen (secondary N) is 1. The van der Waals surface area contributed by atoms with E-state index in [1.165, 1.54) is 0 Å². The van der Waals surface area contributed by atoms with Crippen LogP contribution in [0.1, 0.15) is 63.8 Å². The van der Waals surface area contributed by atoms with Crippen molar-refractivity contribution < 1.29 is 19.1 Å². The van der Waals surface area contributed by atoms with Gasteiger partial charge in [0.1, 0.15) is 17.0 Å². The van der Waals surface area contributed by atoms with Crippen LogP contribution in [-0.4, -0.2) is 53.5 Å². The van der Waals surface area contributed by atoms with E-state index in [4.69, 9.17) is 19.6 Å². The molecule has 0 fully saturated rings. The van der Waals surface area contributed by atoms with Crippen LogP contribution in [-0.2, 0) is 16.0 Å². The average Bonchev–Trinajstić information content (AvgIpc) is 3.20. The van der Waals surface area contributed by atoms with Gasteiger partial charge in [-0.15, -0.1) is 0 Å². The molecule has 9 nitrogen and oxygen atoms in total. The van der Waals surface area contributed by atoms with Crippen LogP contribution in [0.2, 0.25) is 0 Å². The van der Waals surface area contributed by atoms with Crippen molar-refractivity contribution in [2.24, 2.45) is 21.5 Å². The molecule has 1 aromatic heterocycles. The number of fused-ring (bicyclic) bond motifs is 1. The smallest absolute Gasteiger partial charge is 0.254 e. The molecule has 1 atom stereocenters. The van der Waals surface area contributed by atoms with Crippen molar-refractivity contribution in [3.05, 3.63) is 65.4 Å². The summed E-state index contributed by atoms with van der Waals surface area (Å²) in [6, 6.07) is 15.7. The van der Waals surface area contributed by atoms with Crippen LogP contribution in [0.25, 0.3) is 10.9 Å². The zero-order valence-electron chi connectivity index (χ0n) is 24.4. The van der Waals surface area contributed by atoms with E-state index in [0.29, 0.717) is 25.3 Å². The second-order valence-electron chi connectivity index (χ2n) is 11.1. The molecule has 2 aliphatic rings. The number of ether oxygens (including phenoxy) is 2. The van der Waals surface area contributed by atoms with Gasteiger partial charge in [0.2, 0.25) is 5.91 Å². The number of hydrazone groups is 2. The van der Waals surface area contributed by atoms with Crippen molar-refractivity contribution in [3.8, 4) is 11.5 Å². The standard InChI is InChI=1S/C32H37N5O4/c1-6-22-11-14-24-25(15-16-26(40-5)29(24)33-22)30-32(3,4)31(39)37(36-30)17-7-8-18-41-23-12-9-21(10-13-23)28-20(2)19-27(38)34-35-28/h9-16,20H,6-8,17-19H2,1-5H3,(H,34,38). The Morgan fingerprint density at radius 2 is 1.83 bits per heavy atom. The molecule has 0 spiro atoms. The first-order valence-electron chi connectivity index (χ1n) is 14.2. The molecule has 5 rings (SSSR count). The highest BCUT2D eigenvalue weighted by Crippen LogP contribution is 2.37. The lowest BCUT2D eigenvalue weighted by Crippen LogP contribution is -2.35. The molecule has 3 aromatic rings. The number of aryl methyl sites for hydroxylation is 1. The molecule has 0 saturated heterocycles. The monoisotopic (exact) mass is 555 g/mol.